The van der Waals surface area contributed by atoms with Gasteiger partial charge in [0.2, 0.25) is 0 Å². The van der Waals surface area contributed by atoms with Crippen LogP contribution in [0.3, 0.4) is 0 Å². The summed E-state index contributed by atoms with van der Waals surface area (Å²) in [7, 11) is 0. The molecule has 6 nitrogen and oxygen atoms in total. The standard InChI is InChI=1S/C23H19FN4O2/c1-13-3-2-4-18(26-13)16-9-21-19(28-12-25-27-23(16)28)7-5-15-17(24)6-8-20-22(15)14(10-29-20)11-30-21/h2-4,6,8-9,12,14H,5,7,10-11H2,1H3/t14-/m1/s1. The molecule has 4 aromatic rings. The molecule has 0 fully saturated rings. The zero-order chi connectivity index (χ0) is 20.2. The third kappa shape index (κ3) is 2.58. The van der Waals surface area contributed by atoms with Gasteiger partial charge >= 0.3 is 0 Å². The monoisotopic (exact) mass is 402 g/mol. The maximum atomic E-state index is 14.7. The fourth-order valence-electron chi connectivity index (χ4n) is 4.55. The zero-order valence-corrected chi connectivity index (χ0v) is 16.4. The van der Waals surface area contributed by atoms with Crippen molar-refractivity contribution in [3.63, 3.8) is 0 Å². The second kappa shape index (κ2) is 6.52. The first-order valence-corrected chi connectivity index (χ1v) is 10.1. The molecule has 6 rings (SSSR count). The van der Waals surface area contributed by atoms with Crippen molar-refractivity contribution in [2.45, 2.75) is 25.7 Å². The van der Waals surface area contributed by atoms with Crippen molar-refractivity contribution >= 4 is 5.65 Å². The summed E-state index contributed by atoms with van der Waals surface area (Å²) in [6, 6.07) is 11.1. The minimum absolute atomic E-state index is 0.00815. The van der Waals surface area contributed by atoms with Crippen LogP contribution in [-0.2, 0) is 12.8 Å². The van der Waals surface area contributed by atoms with Gasteiger partial charge in [-0.3, -0.25) is 9.38 Å². The lowest BCUT2D eigenvalue weighted by atomic mass is 9.93. The number of halogens is 1. The third-order valence-corrected chi connectivity index (χ3v) is 5.96. The molecule has 0 aliphatic carbocycles. The Morgan fingerprint density at radius 3 is 2.80 bits per heavy atom. The van der Waals surface area contributed by atoms with Gasteiger partial charge in [-0.15, -0.1) is 10.2 Å². The molecule has 0 N–H and O–H groups in total. The highest BCUT2D eigenvalue weighted by molar-refractivity contribution is 5.77. The first-order valence-electron chi connectivity index (χ1n) is 10.1. The number of hydrogen-bond donors (Lipinski definition) is 0. The van der Waals surface area contributed by atoms with Crippen molar-refractivity contribution in [3.05, 3.63) is 71.1 Å². The van der Waals surface area contributed by atoms with Crippen LogP contribution in [0.2, 0.25) is 0 Å². The molecule has 7 heteroatoms. The topological polar surface area (TPSA) is 61.5 Å². The van der Waals surface area contributed by atoms with Crippen molar-refractivity contribution in [2.75, 3.05) is 13.2 Å². The van der Waals surface area contributed by atoms with Gasteiger partial charge in [-0.2, -0.15) is 0 Å². The summed E-state index contributed by atoms with van der Waals surface area (Å²) in [5.74, 6) is 1.34. The second-order valence-corrected chi connectivity index (χ2v) is 7.81. The Kier molecular flexibility index (Phi) is 3.78. The lowest BCUT2D eigenvalue weighted by Gasteiger charge is -2.16. The molecule has 30 heavy (non-hydrogen) atoms. The fourth-order valence-corrected chi connectivity index (χ4v) is 4.55. The largest absolute Gasteiger partial charge is 0.493 e. The van der Waals surface area contributed by atoms with Crippen molar-refractivity contribution in [1.82, 2.24) is 19.6 Å². The van der Waals surface area contributed by atoms with E-state index in [1.807, 2.05) is 35.6 Å². The van der Waals surface area contributed by atoms with Gasteiger partial charge < -0.3 is 9.47 Å². The molecule has 150 valence electrons. The van der Waals surface area contributed by atoms with E-state index in [0.29, 0.717) is 26.1 Å². The molecule has 2 aliphatic heterocycles. The van der Waals surface area contributed by atoms with Crippen molar-refractivity contribution < 1.29 is 13.9 Å². The third-order valence-electron chi connectivity index (χ3n) is 5.96. The quantitative estimate of drug-likeness (QED) is 0.483. The molecule has 0 spiro atoms. The number of fused-ring (bicyclic) bond motifs is 3. The highest BCUT2D eigenvalue weighted by Crippen LogP contribution is 2.41. The number of ether oxygens (including phenoxy) is 2. The highest BCUT2D eigenvalue weighted by Gasteiger charge is 2.31. The predicted octanol–water partition coefficient (Wildman–Crippen LogP) is 3.89. The van der Waals surface area contributed by atoms with Crippen LogP contribution >= 0.6 is 0 Å². The van der Waals surface area contributed by atoms with Crippen LogP contribution < -0.4 is 9.47 Å². The van der Waals surface area contributed by atoms with Gasteiger partial charge in [0, 0.05) is 16.8 Å². The number of rotatable bonds is 1. The summed E-state index contributed by atoms with van der Waals surface area (Å²) < 4.78 is 28.8. The number of benzene rings is 1. The van der Waals surface area contributed by atoms with Gasteiger partial charge in [0.15, 0.2) is 5.65 Å². The van der Waals surface area contributed by atoms with Crippen LogP contribution in [0.5, 0.6) is 11.5 Å². The van der Waals surface area contributed by atoms with E-state index >= 15 is 0 Å². The molecule has 0 saturated carbocycles. The smallest absolute Gasteiger partial charge is 0.170 e. The maximum Gasteiger partial charge on any atom is 0.170 e. The average molecular weight is 402 g/mol. The van der Waals surface area contributed by atoms with E-state index in [1.54, 1.807) is 12.4 Å². The van der Waals surface area contributed by atoms with Crippen LogP contribution in [-0.4, -0.2) is 32.8 Å². The molecule has 1 aromatic carbocycles. The van der Waals surface area contributed by atoms with Gasteiger partial charge in [-0.05, 0) is 55.7 Å². The summed E-state index contributed by atoms with van der Waals surface area (Å²) in [5, 5.41) is 8.47. The second-order valence-electron chi connectivity index (χ2n) is 7.81. The van der Waals surface area contributed by atoms with Gasteiger partial charge in [0.1, 0.15) is 23.6 Å². The number of pyridine rings is 2. The summed E-state index contributed by atoms with van der Waals surface area (Å²) in [6.07, 6.45) is 2.85. The minimum Gasteiger partial charge on any atom is -0.493 e. The van der Waals surface area contributed by atoms with E-state index in [-0.39, 0.29) is 11.7 Å². The van der Waals surface area contributed by atoms with E-state index < -0.39 is 0 Å². The predicted molar refractivity (Wildman–Crippen MR) is 108 cm³/mol. The summed E-state index contributed by atoms with van der Waals surface area (Å²) in [4.78, 5) is 4.66. The van der Waals surface area contributed by atoms with Crippen LogP contribution in [0.25, 0.3) is 16.9 Å². The van der Waals surface area contributed by atoms with Gasteiger partial charge in [0.25, 0.3) is 0 Å². The average Bonchev–Trinajstić information content (AvgIpc) is 3.39. The first kappa shape index (κ1) is 17.4. The Hall–Kier alpha value is -3.48. The fraction of sp³-hybridized carbons (Fsp3) is 0.261. The van der Waals surface area contributed by atoms with Gasteiger partial charge in [-0.25, -0.2) is 4.39 Å². The number of aromatic nitrogens is 4. The lowest BCUT2D eigenvalue weighted by molar-refractivity contribution is 0.246. The van der Waals surface area contributed by atoms with Crippen LogP contribution in [0.4, 0.5) is 4.39 Å². The lowest BCUT2D eigenvalue weighted by Crippen LogP contribution is -2.13. The molecule has 3 aromatic heterocycles. The molecular weight excluding hydrogens is 383 g/mol. The van der Waals surface area contributed by atoms with Crippen LogP contribution in [0, 0.1) is 12.7 Å². The molecule has 5 heterocycles. The van der Waals surface area contributed by atoms with Crippen LogP contribution in [0.1, 0.15) is 28.4 Å². The Balaban J connectivity index is 1.52. The van der Waals surface area contributed by atoms with E-state index in [0.717, 1.165) is 50.9 Å². The van der Waals surface area contributed by atoms with E-state index in [2.05, 4.69) is 15.2 Å². The van der Waals surface area contributed by atoms with Gasteiger partial charge in [-0.1, -0.05) is 6.07 Å². The number of aryl methyl sites for hydroxylation is 2. The molecule has 2 aliphatic rings. The Labute approximate surface area is 172 Å². The molecule has 0 radical (unpaired) electrons. The Morgan fingerprint density at radius 2 is 1.93 bits per heavy atom. The van der Waals surface area contributed by atoms with E-state index in [4.69, 9.17) is 9.47 Å². The Morgan fingerprint density at radius 1 is 1.07 bits per heavy atom. The SMILES string of the molecule is Cc1cccc(-c2cc3c(n4cnnc24)CCc2c(F)ccc4c2[C@H](CO4)CO3)n1. The zero-order valence-electron chi connectivity index (χ0n) is 16.4. The van der Waals surface area contributed by atoms with Gasteiger partial charge in [0.05, 0.1) is 30.5 Å². The number of hydrogen-bond acceptors (Lipinski definition) is 5. The molecule has 1 atom stereocenters. The summed E-state index contributed by atoms with van der Waals surface area (Å²) >= 11 is 0. The summed E-state index contributed by atoms with van der Waals surface area (Å²) in [6.45, 7) is 2.88. The van der Waals surface area contributed by atoms with E-state index in [1.165, 1.54) is 6.07 Å². The van der Waals surface area contributed by atoms with Crippen molar-refractivity contribution in [1.29, 1.82) is 0 Å². The minimum atomic E-state index is -0.187. The number of nitrogens with zero attached hydrogens (tertiary/aromatic N) is 4. The Bertz CT molecular complexity index is 1300. The first-order chi connectivity index (χ1) is 14.7. The molecule has 0 bridgehead atoms. The highest BCUT2D eigenvalue weighted by atomic mass is 19.1. The molecular formula is C23H19FN4O2. The maximum absolute atomic E-state index is 14.7. The molecule has 0 unspecified atom stereocenters. The molecule has 0 saturated heterocycles. The molecule has 0 amide bonds. The van der Waals surface area contributed by atoms with Crippen molar-refractivity contribution in [2.24, 2.45) is 0 Å². The van der Waals surface area contributed by atoms with Crippen molar-refractivity contribution in [3.8, 4) is 22.8 Å². The normalized spacial score (nSPS) is 17.3. The summed E-state index contributed by atoms with van der Waals surface area (Å²) in [5.41, 5.74) is 5.93. The van der Waals surface area contributed by atoms with Crippen LogP contribution in [0.15, 0.2) is 42.7 Å². The van der Waals surface area contributed by atoms with E-state index in [9.17, 15) is 4.39 Å².